The van der Waals surface area contributed by atoms with Gasteiger partial charge in [-0.1, -0.05) is 17.7 Å². The number of aryl methyl sites for hydroxylation is 2. The lowest BCUT2D eigenvalue weighted by Crippen LogP contribution is -2.51. The molecule has 0 bridgehead atoms. The molecule has 1 aromatic carbocycles. The zero-order valence-electron chi connectivity index (χ0n) is 18.1. The van der Waals surface area contributed by atoms with Crippen LogP contribution in [0.15, 0.2) is 48.7 Å². The molecule has 3 heterocycles. The van der Waals surface area contributed by atoms with Gasteiger partial charge in [0.15, 0.2) is 0 Å². The molecule has 162 valence electrons. The highest BCUT2D eigenvalue weighted by molar-refractivity contribution is 5.94. The van der Waals surface area contributed by atoms with E-state index in [2.05, 4.69) is 0 Å². The van der Waals surface area contributed by atoms with Crippen molar-refractivity contribution in [1.82, 2.24) is 24.1 Å². The fourth-order valence-corrected chi connectivity index (χ4v) is 3.74. The molecule has 2 amide bonds. The van der Waals surface area contributed by atoms with Gasteiger partial charge in [-0.25, -0.2) is 9.48 Å². The van der Waals surface area contributed by atoms with Crippen molar-refractivity contribution in [1.29, 1.82) is 0 Å². The molecular weight excluding hydrogens is 394 g/mol. The fraction of sp³-hybridized carbons (Fsp3) is 0.348. The number of ether oxygens (including phenoxy) is 1. The summed E-state index contributed by atoms with van der Waals surface area (Å²) in [6.45, 7) is 5.97. The molecule has 0 radical (unpaired) electrons. The Labute approximate surface area is 181 Å². The minimum Gasteiger partial charge on any atom is -0.450 e. The Kier molecular flexibility index (Phi) is 5.79. The van der Waals surface area contributed by atoms with Crippen molar-refractivity contribution >= 4 is 12.0 Å². The molecule has 1 fully saturated rings. The van der Waals surface area contributed by atoms with Crippen LogP contribution in [-0.4, -0.2) is 68.9 Å². The number of hydrogen-bond acceptors (Lipinski definition) is 4. The lowest BCUT2D eigenvalue weighted by Gasteiger charge is -2.34. The largest absolute Gasteiger partial charge is 0.450 e. The molecule has 8 nitrogen and oxygen atoms in total. The first-order valence-corrected chi connectivity index (χ1v) is 10.5. The van der Waals surface area contributed by atoms with E-state index in [-0.39, 0.29) is 12.0 Å². The van der Waals surface area contributed by atoms with Gasteiger partial charge < -0.3 is 19.1 Å². The Morgan fingerprint density at radius 3 is 2.32 bits per heavy atom. The van der Waals surface area contributed by atoms with Crippen molar-refractivity contribution in [2.45, 2.75) is 13.8 Å². The molecule has 0 saturated carbocycles. The third-order valence-electron chi connectivity index (χ3n) is 5.51. The summed E-state index contributed by atoms with van der Waals surface area (Å²) in [5.74, 6) is -0.1000. The van der Waals surface area contributed by atoms with Gasteiger partial charge in [0.25, 0.3) is 5.91 Å². The predicted octanol–water partition coefficient (Wildman–Crippen LogP) is 3.10. The van der Waals surface area contributed by atoms with Crippen LogP contribution in [0.5, 0.6) is 0 Å². The van der Waals surface area contributed by atoms with Crippen LogP contribution in [0.4, 0.5) is 4.79 Å². The number of piperazine rings is 1. The Balaban J connectivity index is 1.63. The maximum absolute atomic E-state index is 13.5. The van der Waals surface area contributed by atoms with E-state index in [0.29, 0.717) is 38.5 Å². The van der Waals surface area contributed by atoms with E-state index in [1.807, 2.05) is 67.2 Å². The zero-order valence-corrected chi connectivity index (χ0v) is 18.1. The summed E-state index contributed by atoms with van der Waals surface area (Å²) < 4.78 is 8.76. The van der Waals surface area contributed by atoms with Crippen LogP contribution >= 0.6 is 0 Å². The highest BCUT2D eigenvalue weighted by Gasteiger charge is 2.28. The minimum atomic E-state index is -0.328. The first kappa shape index (κ1) is 20.7. The number of rotatable bonds is 4. The molecule has 0 N–H and O–H groups in total. The molecule has 31 heavy (non-hydrogen) atoms. The van der Waals surface area contributed by atoms with Gasteiger partial charge in [0, 0.05) is 39.4 Å². The molecule has 0 atom stereocenters. The van der Waals surface area contributed by atoms with E-state index in [4.69, 9.17) is 9.84 Å². The Hall–Kier alpha value is -3.55. The Morgan fingerprint density at radius 2 is 1.71 bits per heavy atom. The van der Waals surface area contributed by atoms with Gasteiger partial charge in [0.2, 0.25) is 0 Å². The number of nitrogens with zero attached hydrogens (tertiary/aromatic N) is 5. The van der Waals surface area contributed by atoms with Crippen molar-refractivity contribution in [3.05, 3.63) is 59.9 Å². The van der Waals surface area contributed by atoms with Gasteiger partial charge in [0.05, 0.1) is 18.0 Å². The molecular formula is C23H27N5O3. The van der Waals surface area contributed by atoms with Gasteiger partial charge in [-0.2, -0.15) is 5.10 Å². The van der Waals surface area contributed by atoms with Crippen LogP contribution in [0.25, 0.3) is 17.1 Å². The first-order valence-electron chi connectivity index (χ1n) is 10.5. The highest BCUT2D eigenvalue weighted by atomic mass is 16.6. The molecule has 0 spiro atoms. The second kappa shape index (κ2) is 8.67. The van der Waals surface area contributed by atoms with Gasteiger partial charge in [-0.05, 0) is 44.2 Å². The molecule has 2 aromatic heterocycles. The quantitative estimate of drug-likeness (QED) is 0.649. The average molecular weight is 422 g/mol. The van der Waals surface area contributed by atoms with Crippen molar-refractivity contribution in [2.24, 2.45) is 7.05 Å². The number of carbonyl (C=O) groups excluding carboxylic acids is 2. The third kappa shape index (κ3) is 4.19. The molecule has 0 aliphatic carbocycles. The summed E-state index contributed by atoms with van der Waals surface area (Å²) in [5.41, 5.74) is 4.15. The van der Waals surface area contributed by atoms with Gasteiger partial charge in [-0.3, -0.25) is 4.79 Å². The predicted molar refractivity (Wildman–Crippen MR) is 117 cm³/mol. The van der Waals surface area contributed by atoms with Crippen LogP contribution in [-0.2, 0) is 11.8 Å². The summed E-state index contributed by atoms with van der Waals surface area (Å²) in [4.78, 5) is 28.8. The van der Waals surface area contributed by atoms with Crippen LogP contribution in [0.1, 0.15) is 23.0 Å². The van der Waals surface area contributed by atoms with Gasteiger partial charge >= 0.3 is 6.09 Å². The maximum atomic E-state index is 13.5. The standard InChI is InChI=1S/C23H27N5O3/c1-4-31-23(30)27-14-12-26(13-15-27)22(29)21-16-19(20-6-5-11-25(20)3)24-28(21)18-9-7-17(2)8-10-18/h5-11,16H,4,12-15H2,1-3H3. The molecule has 0 unspecified atom stereocenters. The molecule has 4 rings (SSSR count). The van der Waals surface area contributed by atoms with Crippen LogP contribution in [0.2, 0.25) is 0 Å². The molecule has 1 aliphatic rings. The van der Waals surface area contributed by atoms with E-state index in [0.717, 1.165) is 22.6 Å². The Morgan fingerprint density at radius 1 is 1.03 bits per heavy atom. The van der Waals surface area contributed by atoms with E-state index < -0.39 is 0 Å². The summed E-state index contributed by atoms with van der Waals surface area (Å²) >= 11 is 0. The number of amides is 2. The van der Waals surface area contributed by atoms with Crippen LogP contribution in [0.3, 0.4) is 0 Å². The van der Waals surface area contributed by atoms with Gasteiger partial charge in [0.1, 0.15) is 11.4 Å². The smallest absolute Gasteiger partial charge is 0.409 e. The normalized spacial score (nSPS) is 14.0. The second-order valence-corrected chi connectivity index (χ2v) is 7.64. The number of carbonyl (C=O) groups is 2. The molecule has 3 aromatic rings. The number of hydrogen-bond donors (Lipinski definition) is 0. The second-order valence-electron chi connectivity index (χ2n) is 7.64. The summed E-state index contributed by atoms with van der Waals surface area (Å²) in [6, 6.07) is 13.7. The van der Waals surface area contributed by atoms with Gasteiger partial charge in [-0.15, -0.1) is 0 Å². The monoisotopic (exact) mass is 421 g/mol. The SMILES string of the molecule is CCOC(=O)N1CCN(C(=O)c2cc(-c3cccn3C)nn2-c2ccc(C)cc2)CC1. The Bertz CT molecular complexity index is 1080. The highest BCUT2D eigenvalue weighted by Crippen LogP contribution is 2.23. The van der Waals surface area contributed by atoms with E-state index >= 15 is 0 Å². The third-order valence-corrected chi connectivity index (χ3v) is 5.51. The maximum Gasteiger partial charge on any atom is 0.409 e. The van der Waals surface area contributed by atoms with E-state index in [9.17, 15) is 9.59 Å². The van der Waals surface area contributed by atoms with Crippen LogP contribution < -0.4 is 0 Å². The average Bonchev–Trinajstić information content (AvgIpc) is 3.40. The van der Waals surface area contributed by atoms with Crippen molar-refractivity contribution in [2.75, 3.05) is 32.8 Å². The summed E-state index contributed by atoms with van der Waals surface area (Å²) in [6.07, 6.45) is 1.63. The van der Waals surface area contributed by atoms with E-state index in [1.165, 1.54) is 0 Å². The summed E-state index contributed by atoms with van der Waals surface area (Å²) in [7, 11) is 1.95. The van der Waals surface area contributed by atoms with Crippen molar-refractivity contribution in [3.8, 4) is 17.1 Å². The van der Waals surface area contributed by atoms with Crippen LogP contribution in [0, 0.1) is 6.92 Å². The number of aromatic nitrogens is 3. The molecule has 1 saturated heterocycles. The zero-order chi connectivity index (χ0) is 22.0. The number of benzene rings is 1. The van der Waals surface area contributed by atoms with Crippen molar-refractivity contribution in [3.63, 3.8) is 0 Å². The molecule has 8 heteroatoms. The summed E-state index contributed by atoms with van der Waals surface area (Å²) in [5, 5.41) is 4.76. The fourth-order valence-electron chi connectivity index (χ4n) is 3.74. The first-order chi connectivity index (χ1) is 15.0. The molecule has 1 aliphatic heterocycles. The van der Waals surface area contributed by atoms with Crippen molar-refractivity contribution < 1.29 is 14.3 Å². The lowest BCUT2D eigenvalue weighted by molar-refractivity contribution is 0.0563. The minimum absolute atomic E-state index is 0.1000. The van der Waals surface area contributed by atoms with E-state index in [1.54, 1.807) is 21.4 Å². The lowest BCUT2D eigenvalue weighted by atomic mass is 10.2. The topological polar surface area (TPSA) is 72.6 Å².